The molecule has 1 fully saturated rings. The van der Waals surface area contributed by atoms with Gasteiger partial charge in [0.15, 0.2) is 0 Å². The number of carbonyl (C=O) groups is 1. The van der Waals surface area contributed by atoms with Crippen LogP contribution in [0, 0.1) is 6.92 Å². The summed E-state index contributed by atoms with van der Waals surface area (Å²) in [4.78, 5) is 14.5. The number of nitrogens with one attached hydrogen (secondary N) is 1. The number of rotatable bonds is 6. The number of nitrogens with zero attached hydrogens (tertiary/aromatic N) is 2. The Morgan fingerprint density at radius 3 is 2.59 bits per heavy atom. The third kappa shape index (κ3) is 5.05. The normalized spacial score (nSPS) is 15.6. The minimum absolute atomic E-state index is 0.146. The van der Waals surface area contributed by atoms with Gasteiger partial charge in [0.1, 0.15) is 0 Å². The van der Waals surface area contributed by atoms with Crippen LogP contribution in [-0.4, -0.2) is 51.4 Å². The molecule has 0 spiro atoms. The van der Waals surface area contributed by atoms with E-state index in [1.807, 2.05) is 6.92 Å². The lowest BCUT2D eigenvalue weighted by Gasteiger charge is -2.23. The van der Waals surface area contributed by atoms with Crippen molar-refractivity contribution in [1.82, 2.24) is 9.62 Å². The lowest BCUT2D eigenvalue weighted by Crippen LogP contribution is -2.35. The van der Waals surface area contributed by atoms with Gasteiger partial charge in [0.25, 0.3) is 5.91 Å². The topological polar surface area (TPSA) is 69.7 Å². The van der Waals surface area contributed by atoms with Gasteiger partial charge in [0.05, 0.1) is 4.90 Å². The predicted octanol–water partition coefficient (Wildman–Crippen LogP) is 2.81. The van der Waals surface area contributed by atoms with Gasteiger partial charge < -0.3 is 10.2 Å². The van der Waals surface area contributed by atoms with E-state index in [2.05, 4.69) is 41.1 Å². The fraction of sp³-hybridized carbons (Fsp3) is 0.318. The van der Waals surface area contributed by atoms with Crippen molar-refractivity contribution in [2.75, 3.05) is 37.6 Å². The molecule has 3 rings (SSSR count). The highest BCUT2D eigenvalue weighted by atomic mass is 32.2. The van der Waals surface area contributed by atoms with Crippen LogP contribution < -0.4 is 10.2 Å². The second-order valence-corrected chi connectivity index (χ2v) is 9.04. The van der Waals surface area contributed by atoms with Gasteiger partial charge in [-0.3, -0.25) is 4.79 Å². The summed E-state index contributed by atoms with van der Waals surface area (Å²) in [6, 6.07) is 14.5. The molecule has 1 amide bonds. The average molecular weight is 414 g/mol. The van der Waals surface area contributed by atoms with Crippen LogP contribution in [0.3, 0.4) is 0 Å². The molecule has 0 aromatic heterocycles. The minimum atomic E-state index is -3.67. The molecule has 1 aliphatic rings. The first kappa shape index (κ1) is 21.1. The van der Waals surface area contributed by atoms with Gasteiger partial charge >= 0.3 is 0 Å². The van der Waals surface area contributed by atoms with Crippen molar-refractivity contribution in [2.24, 2.45) is 0 Å². The number of amides is 1. The molecule has 0 aliphatic carbocycles. The number of hydrogen-bond donors (Lipinski definition) is 1. The number of hydrogen-bond acceptors (Lipinski definition) is 4. The molecule has 1 N–H and O–H groups in total. The molecule has 0 saturated carbocycles. The standard InChI is InChI=1S/C22H27N3O3S/c1-3-12-23-22(26)19-6-4-7-21(17-19)29(27,28)25-14-5-13-24(15-16-25)20-10-8-18(2)9-11-20/h3-4,6-11,17H,1,5,12-16H2,2H3,(H,23,26). The van der Waals surface area contributed by atoms with E-state index in [9.17, 15) is 13.2 Å². The van der Waals surface area contributed by atoms with Crippen molar-refractivity contribution in [1.29, 1.82) is 0 Å². The Balaban J connectivity index is 1.75. The molecular weight excluding hydrogens is 386 g/mol. The molecule has 6 nitrogen and oxygen atoms in total. The molecule has 154 valence electrons. The summed E-state index contributed by atoms with van der Waals surface area (Å²) in [5.74, 6) is -0.316. The number of anilines is 1. The maximum Gasteiger partial charge on any atom is 0.251 e. The average Bonchev–Trinajstić information content (AvgIpc) is 2.99. The molecule has 29 heavy (non-hydrogen) atoms. The van der Waals surface area contributed by atoms with E-state index in [1.54, 1.807) is 24.3 Å². The van der Waals surface area contributed by atoms with Crippen molar-refractivity contribution in [3.63, 3.8) is 0 Å². The van der Waals surface area contributed by atoms with Gasteiger partial charge in [-0.05, 0) is 43.7 Å². The van der Waals surface area contributed by atoms with Crippen LogP contribution >= 0.6 is 0 Å². The number of benzene rings is 2. The summed E-state index contributed by atoms with van der Waals surface area (Å²) in [7, 11) is -3.67. The third-order valence-corrected chi connectivity index (χ3v) is 6.89. The number of sulfonamides is 1. The van der Waals surface area contributed by atoms with E-state index in [0.29, 0.717) is 31.7 Å². The first-order chi connectivity index (χ1) is 13.9. The maximum absolute atomic E-state index is 13.2. The monoisotopic (exact) mass is 413 g/mol. The molecule has 1 heterocycles. The van der Waals surface area contributed by atoms with Crippen molar-refractivity contribution in [3.05, 3.63) is 72.3 Å². The molecule has 0 unspecified atom stereocenters. The zero-order valence-corrected chi connectivity index (χ0v) is 17.5. The Bertz CT molecular complexity index is 971. The van der Waals surface area contributed by atoms with Gasteiger partial charge in [-0.25, -0.2) is 8.42 Å². The fourth-order valence-electron chi connectivity index (χ4n) is 3.36. The van der Waals surface area contributed by atoms with E-state index < -0.39 is 10.0 Å². The van der Waals surface area contributed by atoms with Crippen LogP contribution in [-0.2, 0) is 10.0 Å². The lowest BCUT2D eigenvalue weighted by atomic mass is 10.2. The Morgan fingerprint density at radius 2 is 1.86 bits per heavy atom. The molecule has 1 aliphatic heterocycles. The highest BCUT2D eigenvalue weighted by Crippen LogP contribution is 2.22. The highest BCUT2D eigenvalue weighted by molar-refractivity contribution is 7.89. The van der Waals surface area contributed by atoms with Gasteiger partial charge in [0.2, 0.25) is 10.0 Å². The van der Waals surface area contributed by atoms with Crippen LogP contribution in [0.5, 0.6) is 0 Å². The van der Waals surface area contributed by atoms with Crippen LogP contribution in [0.25, 0.3) is 0 Å². The van der Waals surface area contributed by atoms with Gasteiger partial charge in [-0.15, -0.1) is 6.58 Å². The first-order valence-electron chi connectivity index (χ1n) is 9.73. The molecule has 1 saturated heterocycles. The number of aryl methyl sites for hydroxylation is 1. The fourth-order valence-corrected chi connectivity index (χ4v) is 4.88. The smallest absolute Gasteiger partial charge is 0.251 e. The van der Waals surface area contributed by atoms with Crippen LogP contribution in [0.1, 0.15) is 22.3 Å². The van der Waals surface area contributed by atoms with E-state index in [0.717, 1.165) is 18.7 Å². The molecular formula is C22H27N3O3S. The lowest BCUT2D eigenvalue weighted by molar-refractivity contribution is 0.0958. The third-order valence-electron chi connectivity index (χ3n) is 4.99. The Hall–Kier alpha value is -2.64. The minimum Gasteiger partial charge on any atom is -0.370 e. The predicted molar refractivity (Wildman–Crippen MR) is 116 cm³/mol. The zero-order valence-electron chi connectivity index (χ0n) is 16.7. The molecule has 0 bridgehead atoms. The zero-order chi connectivity index (χ0) is 20.9. The molecule has 7 heteroatoms. The summed E-state index contributed by atoms with van der Waals surface area (Å²) in [6.07, 6.45) is 2.32. The Labute approximate surface area is 172 Å². The summed E-state index contributed by atoms with van der Waals surface area (Å²) >= 11 is 0. The van der Waals surface area contributed by atoms with Crippen molar-refractivity contribution in [2.45, 2.75) is 18.2 Å². The SMILES string of the molecule is C=CCNC(=O)c1cccc(S(=O)(=O)N2CCCN(c3ccc(C)cc3)CC2)c1. The molecule has 0 radical (unpaired) electrons. The van der Waals surface area contributed by atoms with Crippen LogP contribution in [0.2, 0.25) is 0 Å². The highest BCUT2D eigenvalue weighted by Gasteiger charge is 2.27. The van der Waals surface area contributed by atoms with Gasteiger partial charge in [0, 0.05) is 44.0 Å². The second kappa shape index (κ2) is 9.24. The molecule has 2 aromatic rings. The van der Waals surface area contributed by atoms with E-state index in [1.165, 1.54) is 15.9 Å². The summed E-state index contributed by atoms with van der Waals surface area (Å²) in [5.41, 5.74) is 2.63. The Kier molecular flexibility index (Phi) is 6.71. The largest absolute Gasteiger partial charge is 0.370 e. The quantitative estimate of drug-likeness (QED) is 0.740. The second-order valence-electron chi connectivity index (χ2n) is 7.11. The first-order valence-corrected chi connectivity index (χ1v) is 11.2. The summed E-state index contributed by atoms with van der Waals surface area (Å²) in [6.45, 7) is 8.24. The van der Waals surface area contributed by atoms with E-state index >= 15 is 0 Å². The molecule has 2 aromatic carbocycles. The van der Waals surface area contributed by atoms with E-state index in [-0.39, 0.29) is 10.8 Å². The van der Waals surface area contributed by atoms with E-state index in [4.69, 9.17) is 0 Å². The Morgan fingerprint density at radius 1 is 1.10 bits per heavy atom. The van der Waals surface area contributed by atoms with Crippen molar-refractivity contribution in [3.8, 4) is 0 Å². The van der Waals surface area contributed by atoms with Gasteiger partial charge in [-0.1, -0.05) is 29.8 Å². The number of carbonyl (C=O) groups excluding carboxylic acids is 1. The summed E-state index contributed by atoms with van der Waals surface area (Å²) in [5, 5.41) is 2.67. The van der Waals surface area contributed by atoms with Crippen LogP contribution in [0.4, 0.5) is 5.69 Å². The van der Waals surface area contributed by atoms with Crippen LogP contribution in [0.15, 0.2) is 66.1 Å². The maximum atomic E-state index is 13.2. The summed E-state index contributed by atoms with van der Waals surface area (Å²) < 4.78 is 27.9. The van der Waals surface area contributed by atoms with Crippen molar-refractivity contribution >= 4 is 21.6 Å². The van der Waals surface area contributed by atoms with Gasteiger partial charge in [-0.2, -0.15) is 4.31 Å². The van der Waals surface area contributed by atoms with Crippen molar-refractivity contribution < 1.29 is 13.2 Å². The molecule has 0 atom stereocenters.